The molecule has 0 saturated carbocycles. The molecule has 0 bridgehead atoms. The van der Waals surface area contributed by atoms with Crippen LogP contribution in [0.1, 0.15) is 39.3 Å². The average molecular weight is 306 g/mol. The normalized spacial score (nSPS) is 18.1. The summed E-state index contributed by atoms with van der Waals surface area (Å²) in [6.07, 6.45) is 0. The average Bonchev–Trinajstić information content (AvgIpc) is 2.36. The second-order valence-electron chi connectivity index (χ2n) is 6.17. The van der Waals surface area contributed by atoms with Crippen molar-refractivity contribution < 1.29 is 4.79 Å². The van der Waals surface area contributed by atoms with Gasteiger partial charge in [-0.05, 0) is 43.6 Å². The number of rotatable bonds is 6. The highest BCUT2D eigenvalue weighted by Crippen LogP contribution is 2.25. The van der Waals surface area contributed by atoms with Crippen LogP contribution in [0.15, 0.2) is 29.2 Å². The summed E-state index contributed by atoms with van der Waals surface area (Å²) in [5, 5.41) is 6.94. The Morgan fingerprint density at radius 2 is 1.81 bits per heavy atom. The number of hydrogen-bond acceptors (Lipinski definition) is 3. The molecule has 1 aromatic carbocycles. The number of carbonyl (C=O) groups is 1. The van der Waals surface area contributed by atoms with Gasteiger partial charge >= 0.3 is 0 Å². The minimum absolute atomic E-state index is 0.0612. The molecule has 0 aromatic heterocycles. The van der Waals surface area contributed by atoms with Crippen molar-refractivity contribution in [3.05, 3.63) is 29.8 Å². The molecule has 1 amide bonds. The molecule has 116 valence electrons. The molecular formula is C17H26N2OS. The Labute approximate surface area is 132 Å². The van der Waals surface area contributed by atoms with Gasteiger partial charge in [-0.3, -0.25) is 4.79 Å². The summed E-state index contributed by atoms with van der Waals surface area (Å²) in [5.74, 6) is 0.737. The molecule has 2 atom stereocenters. The second-order valence-corrected chi connectivity index (χ2v) is 7.82. The third kappa shape index (κ3) is 4.48. The maximum Gasteiger partial charge on any atom is 0.223 e. The van der Waals surface area contributed by atoms with E-state index in [1.807, 2.05) is 25.6 Å². The summed E-state index contributed by atoms with van der Waals surface area (Å²) < 4.78 is 0. The van der Waals surface area contributed by atoms with Crippen LogP contribution >= 0.6 is 11.8 Å². The van der Waals surface area contributed by atoms with Crippen molar-refractivity contribution in [2.24, 2.45) is 11.8 Å². The first-order valence-electron chi connectivity index (χ1n) is 7.75. The highest BCUT2D eigenvalue weighted by Gasteiger charge is 2.29. The Morgan fingerprint density at radius 1 is 1.19 bits per heavy atom. The zero-order valence-electron chi connectivity index (χ0n) is 13.3. The van der Waals surface area contributed by atoms with Crippen LogP contribution in [-0.2, 0) is 4.79 Å². The van der Waals surface area contributed by atoms with Gasteiger partial charge < -0.3 is 10.6 Å². The van der Waals surface area contributed by atoms with Gasteiger partial charge in [0.25, 0.3) is 0 Å². The number of amides is 1. The van der Waals surface area contributed by atoms with Gasteiger partial charge in [-0.15, -0.1) is 11.8 Å². The van der Waals surface area contributed by atoms with E-state index in [0.29, 0.717) is 11.2 Å². The number of carbonyl (C=O) groups excluding carboxylic acids is 1. The topological polar surface area (TPSA) is 41.1 Å². The molecule has 1 heterocycles. The lowest BCUT2D eigenvalue weighted by atomic mass is 9.88. The summed E-state index contributed by atoms with van der Waals surface area (Å²) in [7, 11) is 0. The zero-order valence-corrected chi connectivity index (χ0v) is 14.2. The number of thioether (sulfide) groups is 1. The van der Waals surface area contributed by atoms with E-state index in [2.05, 4.69) is 48.7 Å². The van der Waals surface area contributed by atoms with Crippen LogP contribution in [0.25, 0.3) is 0 Å². The fourth-order valence-corrected chi connectivity index (χ4v) is 3.25. The first-order chi connectivity index (χ1) is 9.97. The SMILES string of the molecule is CC(C)Sc1ccc(C(C)NC(=O)C(C)C2CNC2)cc1. The molecule has 0 aliphatic carbocycles. The molecule has 2 N–H and O–H groups in total. The van der Waals surface area contributed by atoms with E-state index in [1.54, 1.807) is 0 Å². The lowest BCUT2D eigenvalue weighted by Crippen LogP contribution is -2.49. The van der Waals surface area contributed by atoms with Gasteiger partial charge in [0, 0.05) is 16.1 Å². The molecule has 1 aliphatic heterocycles. The van der Waals surface area contributed by atoms with Crippen molar-refractivity contribution >= 4 is 17.7 Å². The van der Waals surface area contributed by atoms with Crippen molar-refractivity contribution in [3.63, 3.8) is 0 Å². The minimum atomic E-state index is 0.0612. The predicted octanol–water partition coefficient (Wildman–Crippen LogP) is 3.22. The van der Waals surface area contributed by atoms with Crippen molar-refractivity contribution in [1.29, 1.82) is 0 Å². The lowest BCUT2D eigenvalue weighted by molar-refractivity contribution is -0.127. The van der Waals surface area contributed by atoms with E-state index >= 15 is 0 Å². The van der Waals surface area contributed by atoms with Crippen LogP contribution in [0.3, 0.4) is 0 Å². The minimum Gasteiger partial charge on any atom is -0.349 e. The first-order valence-corrected chi connectivity index (χ1v) is 8.63. The molecule has 1 aromatic rings. The van der Waals surface area contributed by atoms with Gasteiger partial charge in [0.15, 0.2) is 0 Å². The molecule has 0 radical (unpaired) electrons. The largest absolute Gasteiger partial charge is 0.349 e. The van der Waals surface area contributed by atoms with Crippen LogP contribution in [-0.4, -0.2) is 24.2 Å². The van der Waals surface area contributed by atoms with Crippen LogP contribution in [0.5, 0.6) is 0 Å². The van der Waals surface area contributed by atoms with Crippen molar-refractivity contribution in [2.75, 3.05) is 13.1 Å². The van der Waals surface area contributed by atoms with Gasteiger partial charge in [-0.2, -0.15) is 0 Å². The number of benzene rings is 1. The zero-order chi connectivity index (χ0) is 15.4. The van der Waals surface area contributed by atoms with Gasteiger partial charge in [0.2, 0.25) is 5.91 Å². The van der Waals surface area contributed by atoms with E-state index in [-0.39, 0.29) is 17.9 Å². The third-order valence-electron chi connectivity index (χ3n) is 4.04. The maximum atomic E-state index is 12.2. The van der Waals surface area contributed by atoms with Crippen LogP contribution in [0, 0.1) is 11.8 Å². The van der Waals surface area contributed by atoms with E-state index < -0.39 is 0 Å². The summed E-state index contributed by atoms with van der Waals surface area (Å²) in [6, 6.07) is 8.58. The standard InChI is InChI=1S/C17H26N2OS/c1-11(2)21-16-7-5-14(6-8-16)13(4)19-17(20)12(3)15-9-18-10-15/h5-8,11-13,15,18H,9-10H2,1-4H3,(H,19,20). The van der Waals surface area contributed by atoms with Gasteiger partial charge in [-0.1, -0.05) is 32.9 Å². The Bertz CT molecular complexity index is 468. The summed E-state index contributed by atoms with van der Waals surface area (Å²) in [6.45, 7) is 10.4. The van der Waals surface area contributed by atoms with E-state index in [0.717, 1.165) is 18.7 Å². The fraction of sp³-hybridized carbons (Fsp3) is 0.588. The van der Waals surface area contributed by atoms with Crippen LogP contribution in [0.4, 0.5) is 0 Å². The number of hydrogen-bond donors (Lipinski definition) is 2. The Hall–Kier alpha value is -1.00. The van der Waals surface area contributed by atoms with Gasteiger partial charge in [0.1, 0.15) is 0 Å². The van der Waals surface area contributed by atoms with Crippen LogP contribution < -0.4 is 10.6 Å². The number of nitrogens with one attached hydrogen (secondary N) is 2. The predicted molar refractivity (Wildman–Crippen MR) is 89.5 cm³/mol. The molecule has 0 spiro atoms. The van der Waals surface area contributed by atoms with Crippen molar-refractivity contribution in [3.8, 4) is 0 Å². The molecule has 1 aliphatic rings. The highest BCUT2D eigenvalue weighted by atomic mass is 32.2. The molecule has 4 heteroatoms. The lowest BCUT2D eigenvalue weighted by Gasteiger charge is -2.32. The molecular weight excluding hydrogens is 280 g/mol. The second kappa shape index (κ2) is 7.32. The summed E-state index contributed by atoms with van der Waals surface area (Å²) in [4.78, 5) is 13.5. The monoisotopic (exact) mass is 306 g/mol. The molecule has 3 nitrogen and oxygen atoms in total. The Balaban J connectivity index is 1.90. The van der Waals surface area contributed by atoms with Gasteiger partial charge in [-0.25, -0.2) is 0 Å². The molecule has 21 heavy (non-hydrogen) atoms. The quantitative estimate of drug-likeness (QED) is 0.793. The summed E-state index contributed by atoms with van der Waals surface area (Å²) in [5.41, 5.74) is 1.16. The Kier molecular flexibility index (Phi) is 5.71. The third-order valence-corrected chi connectivity index (χ3v) is 5.06. The molecule has 2 unspecified atom stereocenters. The Morgan fingerprint density at radius 3 is 2.29 bits per heavy atom. The molecule has 1 fully saturated rings. The maximum absolute atomic E-state index is 12.2. The fourth-order valence-electron chi connectivity index (χ4n) is 2.41. The van der Waals surface area contributed by atoms with Crippen molar-refractivity contribution in [2.45, 2.75) is 43.9 Å². The van der Waals surface area contributed by atoms with E-state index in [4.69, 9.17) is 0 Å². The van der Waals surface area contributed by atoms with Crippen molar-refractivity contribution in [1.82, 2.24) is 10.6 Å². The van der Waals surface area contributed by atoms with Crippen LogP contribution in [0.2, 0.25) is 0 Å². The molecule has 2 rings (SSSR count). The smallest absolute Gasteiger partial charge is 0.223 e. The van der Waals surface area contributed by atoms with Gasteiger partial charge in [0.05, 0.1) is 6.04 Å². The van der Waals surface area contributed by atoms with E-state index in [9.17, 15) is 4.79 Å². The molecule has 1 saturated heterocycles. The van der Waals surface area contributed by atoms with E-state index in [1.165, 1.54) is 4.90 Å². The first kappa shape index (κ1) is 16.4. The summed E-state index contributed by atoms with van der Waals surface area (Å²) >= 11 is 1.86. The highest BCUT2D eigenvalue weighted by molar-refractivity contribution is 7.99.